The molecule has 2 rings (SSSR count). The summed E-state index contributed by atoms with van der Waals surface area (Å²) >= 11 is 0. The number of aromatic amines is 1. The molecule has 0 radical (unpaired) electrons. The van der Waals surface area contributed by atoms with Crippen LogP contribution < -0.4 is 4.74 Å². The van der Waals surface area contributed by atoms with Crippen molar-refractivity contribution in [3.63, 3.8) is 0 Å². The number of H-pyrrole nitrogens is 1. The van der Waals surface area contributed by atoms with Crippen LogP contribution in [-0.2, 0) is 6.18 Å². The predicted molar refractivity (Wildman–Crippen MR) is 54.8 cm³/mol. The average Bonchev–Trinajstić information content (AvgIpc) is 2.63. The molecule has 90 valence electrons. The minimum atomic E-state index is -4.44. The molecule has 0 saturated carbocycles. The van der Waals surface area contributed by atoms with E-state index in [1.807, 2.05) is 0 Å². The second-order valence-corrected chi connectivity index (χ2v) is 3.49. The van der Waals surface area contributed by atoms with Crippen molar-refractivity contribution in [3.8, 4) is 11.6 Å². The molecule has 0 bridgehead atoms. The summed E-state index contributed by atoms with van der Waals surface area (Å²) < 4.78 is 43.0. The van der Waals surface area contributed by atoms with Crippen LogP contribution in [-0.4, -0.2) is 10.2 Å². The number of aromatic nitrogens is 2. The van der Waals surface area contributed by atoms with Gasteiger partial charge in [0.15, 0.2) is 0 Å². The molecule has 1 aromatic heterocycles. The summed E-state index contributed by atoms with van der Waals surface area (Å²) in [5.41, 5.74) is -0.106. The maximum absolute atomic E-state index is 12.6. The van der Waals surface area contributed by atoms with Crippen LogP contribution in [0.1, 0.15) is 11.3 Å². The van der Waals surface area contributed by atoms with Crippen LogP contribution in [0.15, 0.2) is 30.3 Å². The topological polar surface area (TPSA) is 37.9 Å². The number of nitrogens with zero attached hydrogens (tertiary/aromatic N) is 1. The maximum atomic E-state index is 12.6. The maximum Gasteiger partial charge on any atom is 0.419 e. The molecule has 0 aliphatic heterocycles. The highest BCUT2D eigenvalue weighted by Crippen LogP contribution is 2.37. The van der Waals surface area contributed by atoms with Crippen molar-refractivity contribution < 1.29 is 17.9 Å². The highest BCUT2D eigenvalue weighted by Gasteiger charge is 2.34. The first-order valence-corrected chi connectivity index (χ1v) is 4.83. The molecule has 6 heteroatoms. The minimum Gasteiger partial charge on any atom is -0.437 e. The Kier molecular flexibility index (Phi) is 2.79. The molecule has 0 amide bonds. The van der Waals surface area contributed by atoms with Crippen LogP contribution in [0.2, 0.25) is 0 Å². The van der Waals surface area contributed by atoms with Gasteiger partial charge in [0.05, 0.1) is 5.56 Å². The van der Waals surface area contributed by atoms with E-state index in [1.54, 1.807) is 6.92 Å². The Balaban J connectivity index is 2.33. The van der Waals surface area contributed by atoms with Crippen molar-refractivity contribution in [2.75, 3.05) is 0 Å². The summed E-state index contributed by atoms with van der Waals surface area (Å²) in [6, 6.07) is 6.53. The molecule has 1 N–H and O–H groups in total. The Morgan fingerprint density at radius 2 is 1.94 bits per heavy atom. The number of hydrogen-bond donors (Lipinski definition) is 1. The van der Waals surface area contributed by atoms with Crippen LogP contribution in [0.4, 0.5) is 13.2 Å². The molecule has 0 saturated heterocycles. The molecule has 1 aromatic carbocycles. The molecule has 0 spiro atoms. The molecule has 0 aliphatic rings. The molecular weight excluding hydrogens is 233 g/mol. The van der Waals surface area contributed by atoms with Gasteiger partial charge in [-0.05, 0) is 19.1 Å². The quantitative estimate of drug-likeness (QED) is 0.874. The number of rotatable bonds is 2. The van der Waals surface area contributed by atoms with Gasteiger partial charge in [-0.2, -0.15) is 13.2 Å². The predicted octanol–water partition coefficient (Wildman–Crippen LogP) is 3.53. The lowest BCUT2D eigenvalue weighted by Gasteiger charge is -2.11. The lowest BCUT2D eigenvalue weighted by molar-refractivity contribution is -0.138. The molecule has 0 fully saturated rings. The normalized spacial score (nSPS) is 11.5. The fraction of sp³-hybridized carbons (Fsp3) is 0.182. The number of para-hydroxylation sites is 1. The van der Waals surface area contributed by atoms with Crippen LogP contribution in [0.3, 0.4) is 0 Å². The minimum absolute atomic E-state index is 0.110. The molecular formula is C11H9F3N2O. The van der Waals surface area contributed by atoms with Gasteiger partial charge in [0.1, 0.15) is 5.75 Å². The molecule has 1 heterocycles. The number of benzene rings is 1. The summed E-state index contributed by atoms with van der Waals surface area (Å²) in [4.78, 5) is 0. The summed E-state index contributed by atoms with van der Waals surface area (Å²) in [7, 11) is 0. The van der Waals surface area contributed by atoms with Crippen molar-refractivity contribution in [1.82, 2.24) is 10.2 Å². The third-order valence-corrected chi connectivity index (χ3v) is 2.09. The van der Waals surface area contributed by atoms with E-state index >= 15 is 0 Å². The van der Waals surface area contributed by atoms with Gasteiger partial charge in [0, 0.05) is 11.8 Å². The SMILES string of the molecule is Cc1cc(Oc2ccccc2C(F)(F)F)n[nH]1. The summed E-state index contributed by atoms with van der Waals surface area (Å²) in [5, 5.41) is 6.31. The first kappa shape index (κ1) is 11.5. The average molecular weight is 242 g/mol. The number of nitrogens with one attached hydrogen (secondary N) is 1. The summed E-state index contributed by atoms with van der Waals surface area (Å²) in [6.07, 6.45) is -4.44. The van der Waals surface area contributed by atoms with E-state index in [0.717, 1.165) is 6.07 Å². The highest BCUT2D eigenvalue weighted by molar-refractivity contribution is 5.38. The van der Waals surface area contributed by atoms with Crippen molar-refractivity contribution >= 4 is 0 Å². The second-order valence-electron chi connectivity index (χ2n) is 3.49. The van der Waals surface area contributed by atoms with E-state index < -0.39 is 11.7 Å². The Morgan fingerprint density at radius 3 is 2.53 bits per heavy atom. The van der Waals surface area contributed by atoms with Crippen molar-refractivity contribution in [2.45, 2.75) is 13.1 Å². The zero-order valence-corrected chi connectivity index (χ0v) is 8.88. The Labute approximate surface area is 95.2 Å². The third-order valence-electron chi connectivity index (χ3n) is 2.09. The lowest BCUT2D eigenvalue weighted by Crippen LogP contribution is -2.06. The number of ether oxygens (including phenoxy) is 1. The zero-order valence-electron chi connectivity index (χ0n) is 8.88. The van der Waals surface area contributed by atoms with Crippen molar-refractivity contribution in [2.24, 2.45) is 0 Å². The number of hydrogen-bond acceptors (Lipinski definition) is 2. The number of alkyl halides is 3. The Hall–Kier alpha value is -1.98. The summed E-state index contributed by atoms with van der Waals surface area (Å²) in [6.45, 7) is 1.73. The van der Waals surface area contributed by atoms with Gasteiger partial charge in [-0.15, -0.1) is 5.10 Å². The lowest BCUT2D eigenvalue weighted by atomic mass is 10.2. The van der Waals surface area contributed by atoms with E-state index in [-0.39, 0.29) is 11.6 Å². The Morgan fingerprint density at radius 1 is 1.24 bits per heavy atom. The smallest absolute Gasteiger partial charge is 0.419 e. The second kappa shape index (κ2) is 4.12. The fourth-order valence-corrected chi connectivity index (χ4v) is 1.35. The van der Waals surface area contributed by atoms with Gasteiger partial charge < -0.3 is 4.74 Å². The standard InChI is InChI=1S/C11H9F3N2O/c1-7-6-10(16-15-7)17-9-5-3-2-4-8(9)11(12,13)14/h2-6H,1H3,(H,15,16). The van der Waals surface area contributed by atoms with E-state index in [4.69, 9.17) is 4.74 Å². The molecule has 0 unspecified atom stereocenters. The monoisotopic (exact) mass is 242 g/mol. The van der Waals surface area contributed by atoms with Gasteiger partial charge in [-0.25, -0.2) is 0 Å². The van der Waals surface area contributed by atoms with Crippen LogP contribution in [0.5, 0.6) is 11.6 Å². The van der Waals surface area contributed by atoms with E-state index in [0.29, 0.717) is 5.69 Å². The first-order chi connectivity index (χ1) is 7.97. The highest BCUT2D eigenvalue weighted by atomic mass is 19.4. The van der Waals surface area contributed by atoms with Crippen molar-refractivity contribution in [1.29, 1.82) is 0 Å². The van der Waals surface area contributed by atoms with Gasteiger partial charge in [-0.3, -0.25) is 5.10 Å². The van der Waals surface area contributed by atoms with E-state index in [2.05, 4.69) is 10.2 Å². The van der Waals surface area contributed by atoms with Gasteiger partial charge in [-0.1, -0.05) is 12.1 Å². The largest absolute Gasteiger partial charge is 0.437 e. The molecule has 17 heavy (non-hydrogen) atoms. The first-order valence-electron chi connectivity index (χ1n) is 4.83. The summed E-state index contributed by atoms with van der Waals surface area (Å²) in [5.74, 6) is -0.147. The van der Waals surface area contributed by atoms with Gasteiger partial charge in [0.25, 0.3) is 0 Å². The molecule has 0 atom stereocenters. The van der Waals surface area contributed by atoms with Gasteiger partial charge in [0.2, 0.25) is 5.88 Å². The van der Waals surface area contributed by atoms with E-state index in [1.165, 1.54) is 24.3 Å². The van der Waals surface area contributed by atoms with Gasteiger partial charge >= 0.3 is 6.18 Å². The third kappa shape index (κ3) is 2.58. The molecule has 2 aromatic rings. The van der Waals surface area contributed by atoms with Crippen LogP contribution in [0.25, 0.3) is 0 Å². The fourth-order valence-electron chi connectivity index (χ4n) is 1.35. The van der Waals surface area contributed by atoms with Crippen LogP contribution >= 0.6 is 0 Å². The zero-order chi connectivity index (χ0) is 12.5. The molecule has 0 aliphatic carbocycles. The van der Waals surface area contributed by atoms with Crippen LogP contribution in [0, 0.1) is 6.92 Å². The number of halogens is 3. The van der Waals surface area contributed by atoms with E-state index in [9.17, 15) is 13.2 Å². The van der Waals surface area contributed by atoms with Crippen molar-refractivity contribution in [3.05, 3.63) is 41.6 Å². The number of aryl methyl sites for hydroxylation is 1. The Bertz CT molecular complexity index is 519. The molecule has 3 nitrogen and oxygen atoms in total.